The van der Waals surface area contributed by atoms with E-state index in [2.05, 4.69) is 15.7 Å². The lowest BCUT2D eigenvalue weighted by atomic mass is 9.97. The Morgan fingerprint density at radius 1 is 1.12 bits per heavy atom. The van der Waals surface area contributed by atoms with Gasteiger partial charge in [-0.05, 0) is 36.8 Å². The summed E-state index contributed by atoms with van der Waals surface area (Å²) in [5, 5.41) is 11.1. The highest BCUT2D eigenvalue weighted by atomic mass is 35.5. The number of aromatic nitrogens is 2. The molecule has 24 heavy (non-hydrogen) atoms. The maximum atomic E-state index is 12.2. The van der Waals surface area contributed by atoms with E-state index in [0.29, 0.717) is 10.8 Å². The number of hydrogen-bond acceptors (Lipinski definition) is 2. The monoisotopic (exact) mass is 338 g/mol. The molecule has 1 aliphatic rings. The normalized spacial score (nSPS) is 16.2. The molecule has 0 saturated heterocycles. The van der Waals surface area contributed by atoms with Gasteiger partial charge >= 0.3 is 6.03 Å². The molecule has 2 aromatic carbocycles. The molecule has 0 fully saturated rings. The van der Waals surface area contributed by atoms with Crippen LogP contribution in [-0.2, 0) is 0 Å². The Labute approximate surface area is 144 Å². The maximum absolute atomic E-state index is 12.2. The van der Waals surface area contributed by atoms with E-state index in [-0.39, 0.29) is 12.1 Å². The van der Waals surface area contributed by atoms with Crippen LogP contribution >= 0.6 is 11.6 Å². The zero-order valence-electron chi connectivity index (χ0n) is 13.0. The standard InChI is InChI=1S/C18H15ClN4O/c1-11-15-16(12-6-5-7-13(19)10-12)20-18(24)21-17(15)23(22-11)14-8-3-2-4-9-14/h2-10,16H,1H3,(H2,20,21,24). The second-order valence-electron chi connectivity index (χ2n) is 5.68. The highest BCUT2D eigenvalue weighted by Crippen LogP contribution is 2.36. The van der Waals surface area contributed by atoms with Gasteiger partial charge in [0, 0.05) is 10.6 Å². The fourth-order valence-corrected chi connectivity index (χ4v) is 3.24. The van der Waals surface area contributed by atoms with Gasteiger partial charge in [-0.1, -0.05) is 41.9 Å². The van der Waals surface area contributed by atoms with Crippen LogP contribution in [0, 0.1) is 6.92 Å². The Kier molecular flexibility index (Phi) is 3.50. The molecule has 1 unspecified atom stereocenters. The fraction of sp³-hybridized carbons (Fsp3) is 0.111. The molecule has 1 atom stereocenters. The van der Waals surface area contributed by atoms with Gasteiger partial charge in [0.05, 0.1) is 17.4 Å². The smallest absolute Gasteiger partial charge is 0.321 e. The van der Waals surface area contributed by atoms with E-state index in [9.17, 15) is 4.79 Å². The number of anilines is 1. The molecular weight excluding hydrogens is 324 g/mol. The fourth-order valence-electron chi connectivity index (χ4n) is 3.04. The number of para-hydroxylation sites is 1. The van der Waals surface area contributed by atoms with Crippen molar-refractivity contribution in [2.24, 2.45) is 0 Å². The van der Waals surface area contributed by atoms with Crippen molar-refractivity contribution in [2.75, 3.05) is 5.32 Å². The minimum Gasteiger partial charge on any atom is -0.327 e. The second-order valence-corrected chi connectivity index (χ2v) is 6.12. The van der Waals surface area contributed by atoms with Gasteiger partial charge in [-0.3, -0.25) is 5.32 Å². The van der Waals surface area contributed by atoms with E-state index >= 15 is 0 Å². The maximum Gasteiger partial charge on any atom is 0.321 e. The second kappa shape index (κ2) is 5.69. The van der Waals surface area contributed by atoms with Crippen LogP contribution in [0.4, 0.5) is 10.6 Å². The summed E-state index contributed by atoms with van der Waals surface area (Å²) in [6, 6.07) is 16.7. The Bertz CT molecular complexity index is 920. The average molecular weight is 339 g/mol. The number of hydrogen-bond donors (Lipinski definition) is 2. The topological polar surface area (TPSA) is 59.0 Å². The first kappa shape index (κ1) is 14.8. The van der Waals surface area contributed by atoms with Crippen LogP contribution < -0.4 is 10.6 Å². The van der Waals surface area contributed by atoms with Crippen LogP contribution in [0.2, 0.25) is 5.02 Å². The third-order valence-corrected chi connectivity index (χ3v) is 4.32. The van der Waals surface area contributed by atoms with Crippen LogP contribution in [0.15, 0.2) is 54.6 Å². The van der Waals surface area contributed by atoms with Crippen LogP contribution in [0.3, 0.4) is 0 Å². The first-order chi connectivity index (χ1) is 11.6. The molecule has 2 amide bonds. The summed E-state index contributed by atoms with van der Waals surface area (Å²) in [7, 11) is 0. The van der Waals surface area contributed by atoms with E-state index < -0.39 is 0 Å². The first-order valence-corrected chi connectivity index (χ1v) is 7.99. The van der Waals surface area contributed by atoms with Crippen LogP contribution in [0.1, 0.15) is 22.9 Å². The lowest BCUT2D eigenvalue weighted by molar-refractivity contribution is 0.249. The summed E-state index contributed by atoms with van der Waals surface area (Å²) in [4.78, 5) is 12.2. The van der Waals surface area contributed by atoms with Crippen LogP contribution in [-0.4, -0.2) is 15.8 Å². The highest BCUT2D eigenvalue weighted by Gasteiger charge is 2.32. The van der Waals surface area contributed by atoms with Crippen molar-refractivity contribution >= 4 is 23.4 Å². The van der Waals surface area contributed by atoms with E-state index in [1.54, 1.807) is 4.68 Å². The molecule has 4 rings (SSSR count). The number of benzene rings is 2. The number of nitrogens with one attached hydrogen (secondary N) is 2. The van der Waals surface area contributed by atoms with E-state index in [0.717, 1.165) is 22.5 Å². The molecule has 2 N–H and O–H groups in total. The van der Waals surface area contributed by atoms with Gasteiger partial charge in [0.1, 0.15) is 5.82 Å². The third-order valence-electron chi connectivity index (χ3n) is 4.09. The average Bonchev–Trinajstić information content (AvgIpc) is 2.91. The number of carbonyl (C=O) groups is 1. The Morgan fingerprint density at radius 3 is 2.67 bits per heavy atom. The van der Waals surface area contributed by atoms with Gasteiger partial charge in [0.2, 0.25) is 0 Å². The predicted octanol–water partition coefficient (Wildman–Crippen LogP) is 4.06. The number of aryl methyl sites for hydroxylation is 1. The van der Waals surface area contributed by atoms with Crippen molar-refractivity contribution in [1.82, 2.24) is 15.1 Å². The van der Waals surface area contributed by atoms with Gasteiger partial charge in [0.25, 0.3) is 0 Å². The molecule has 1 aliphatic heterocycles. The molecule has 2 heterocycles. The Morgan fingerprint density at radius 2 is 1.92 bits per heavy atom. The Hall–Kier alpha value is -2.79. The molecule has 1 aromatic heterocycles. The highest BCUT2D eigenvalue weighted by molar-refractivity contribution is 6.30. The lowest BCUT2D eigenvalue weighted by Crippen LogP contribution is -2.38. The zero-order chi connectivity index (χ0) is 16.7. The summed E-state index contributed by atoms with van der Waals surface area (Å²) in [6.07, 6.45) is 0. The Balaban J connectivity index is 1.89. The van der Waals surface area contributed by atoms with Crippen molar-refractivity contribution < 1.29 is 4.79 Å². The molecular formula is C18H15ClN4O. The van der Waals surface area contributed by atoms with Crippen molar-refractivity contribution in [3.8, 4) is 5.69 Å². The molecule has 5 nitrogen and oxygen atoms in total. The van der Waals surface area contributed by atoms with Crippen LogP contribution in [0.25, 0.3) is 5.69 Å². The molecule has 0 radical (unpaired) electrons. The summed E-state index contributed by atoms with van der Waals surface area (Å²) in [6.45, 7) is 1.94. The van der Waals surface area contributed by atoms with Crippen molar-refractivity contribution in [2.45, 2.75) is 13.0 Å². The molecule has 0 spiro atoms. The number of fused-ring (bicyclic) bond motifs is 1. The van der Waals surface area contributed by atoms with E-state index in [1.807, 2.05) is 61.5 Å². The van der Waals surface area contributed by atoms with Gasteiger partial charge in [-0.2, -0.15) is 5.10 Å². The van der Waals surface area contributed by atoms with Crippen molar-refractivity contribution in [3.05, 3.63) is 76.4 Å². The van der Waals surface area contributed by atoms with E-state index in [4.69, 9.17) is 11.6 Å². The predicted molar refractivity (Wildman–Crippen MR) is 93.8 cm³/mol. The van der Waals surface area contributed by atoms with Crippen molar-refractivity contribution in [1.29, 1.82) is 0 Å². The van der Waals surface area contributed by atoms with Gasteiger partial charge in [-0.25, -0.2) is 9.48 Å². The molecule has 0 aliphatic carbocycles. The van der Waals surface area contributed by atoms with Gasteiger partial charge < -0.3 is 5.32 Å². The van der Waals surface area contributed by atoms with Gasteiger partial charge in [-0.15, -0.1) is 0 Å². The number of carbonyl (C=O) groups excluding carboxylic acids is 1. The minimum atomic E-state index is -0.287. The first-order valence-electron chi connectivity index (χ1n) is 7.61. The molecule has 0 bridgehead atoms. The van der Waals surface area contributed by atoms with E-state index in [1.165, 1.54) is 0 Å². The zero-order valence-corrected chi connectivity index (χ0v) is 13.7. The van der Waals surface area contributed by atoms with Crippen LogP contribution in [0.5, 0.6) is 0 Å². The molecule has 0 saturated carbocycles. The number of urea groups is 1. The number of halogens is 1. The SMILES string of the molecule is Cc1nn(-c2ccccc2)c2c1C(c1cccc(Cl)c1)NC(=O)N2. The summed E-state index contributed by atoms with van der Waals surface area (Å²) >= 11 is 6.12. The molecule has 3 aromatic rings. The molecule has 120 valence electrons. The van der Waals surface area contributed by atoms with Crippen molar-refractivity contribution in [3.63, 3.8) is 0 Å². The summed E-state index contributed by atoms with van der Waals surface area (Å²) < 4.78 is 1.76. The minimum absolute atomic E-state index is 0.260. The number of amides is 2. The summed E-state index contributed by atoms with van der Waals surface area (Å²) in [5.41, 5.74) is 3.62. The number of nitrogens with zero attached hydrogens (tertiary/aromatic N) is 2. The van der Waals surface area contributed by atoms with Gasteiger partial charge in [0.15, 0.2) is 0 Å². The molecule has 6 heteroatoms. The lowest BCUT2D eigenvalue weighted by Gasteiger charge is -2.26. The third kappa shape index (κ3) is 2.43. The number of rotatable bonds is 2. The quantitative estimate of drug-likeness (QED) is 0.740. The largest absolute Gasteiger partial charge is 0.327 e. The summed E-state index contributed by atoms with van der Waals surface area (Å²) in [5.74, 6) is 0.687.